The van der Waals surface area contributed by atoms with Crippen molar-refractivity contribution in [3.63, 3.8) is 0 Å². The van der Waals surface area contributed by atoms with E-state index < -0.39 is 11.6 Å². The highest BCUT2D eigenvalue weighted by Gasteiger charge is 2.32. The molecule has 0 spiro atoms. The lowest BCUT2D eigenvalue weighted by atomic mass is 10.1. The van der Waals surface area contributed by atoms with E-state index in [4.69, 9.17) is 9.47 Å². The summed E-state index contributed by atoms with van der Waals surface area (Å²) in [6, 6.07) is 4.12. The van der Waals surface area contributed by atoms with Gasteiger partial charge >= 0.3 is 0 Å². The van der Waals surface area contributed by atoms with Crippen LogP contribution >= 0.6 is 24.0 Å². The Bertz CT molecular complexity index is 733. The largest absolute Gasteiger partial charge is 0.375 e. The van der Waals surface area contributed by atoms with Gasteiger partial charge in [-0.15, -0.1) is 24.0 Å². The van der Waals surface area contributed by atoms with Gasteiger partial charge in [0, 0.05) is 58.1 Å². The number of rotatable bonds is 4. The summed E-state index contributed by atoms with van der Waals surface area (Å²) in [5.74, 6) is -0.281. The highest BCUT2D eigenvalue weighted by atomic mass is 127. The van der Waals surface area contributed by atoms with E-state index in [2.05, 4.69) is 20.1 Å². The van der Waals surface area contributed by atoms with Crippen LogP contribution < -0.4 is 10.2 Å². The first-order valence-corrected chi connectivity index (χ1v) is 10.5. The minimum absolute atomic E-state index is 0. The van der Waals surface area contributed by atoms with Gasteiger partial charge < -0.3 is 24.6 Å². The zero-order valence-corrected chi connectivity index (χ0v) is 19.7. The predicted octanol–water partition coefficient (Wildman–Crippen LogP) is 2.86. The molecule has 3 fully saturated rings. The lowest BCUT2D eigenvalue weighted by Crippen LogP contribution is -2.53. The molecule has 0 aromatic heterocycles. The van der Waals surface area contributed by atoms with Gasteiger partial charge in [0.25, 0.3) is 0 Å². The van der Waals surface area contributed by atoms with E-state index in [1.807, 2.05) is 0 Å². The van der Waals surface area contributed by atoms with Gasteiger partial charge in [-0.25, -0.2) is 8.78 Å². The summed E-state index contributed by atoms with van der Waals surface area (Å²) in [6.45, 7) is 5.57. The Morgan fingerprint density at radius 2 is 1.93 bits per heavy atom. The molecule has 1 aromatic rings. The van der Waals surface area contributed by atoms with Gasteiger partial charge in [-0.2, -0.15) is 0 Å². The van der Waals surface area contributed by atoms with Crippen LogP contribution in [-0.2, 0) is 9.47 Å². The fourth-order valence-corrected chi connectivity index (χ4v) is 4.47. The number of aliphatic imine (C=N–C) groups is 1. The number of ether oxygens (including phenoxy) is 2. The summed E-state index contributed by atoms with van der Waals surface area (Å²) < 4.78 is 38.4. The molecule has 0 saturated carbocycles. The Hall–Kier alpha value is -1.20. The quantitative estimate of drug-likeness (QED) is 0.365. The first-order valence-electron chi connectivity index (χ1n) is 10.5. The van der Waals surface area contributed by atoms with Crippen molar-refractivity contribution in [2.45, 2.75) is 31.5 Å². The van der Waals surface area contributed by atoms with Gasteiger partial charge in [0.05, 0.1) is 12.7 Å². The maximum absolute atomic E-state index is 13.5. The molecule has 3 saturated heterocycles. The van der Waals surface area contributed by atoms with Crippen LogP contribution in [0.2, 0.25) is 0 Å². The molecule has 0 bridgehead atoms. The van der Waals surface area contributed by atoms with E-state index in [9.17, 15) is 8.78 Å². The van der Waals surface area contributed by atoms with E-state index >= 15 is 0 Å². The molecule has 168 valence electrons. The Kier molecular flexibility index (Phi) is 8.52. The number of halogens is 3. The second kappa shape index (κ2) is 10.9. The standard InChI is InChI=1S/C21H30F2N4O2.HI/c1-24-21(27-8-10-29-20(14-27)19-3-2-9-28-19)25-12-15-6-7-26(13-15)16-4-5-17(22)18(23)11-16;/h4-5,11,15,19-20H,2-3,6-10,12-14H2,1H3,(H,24,25);1H. The molecular weight excluding hydrogens is 505 g/mol. The van der Waals surface area contributed by atoms with Gasteiger partial charge in [0.15, 0.2) is 17.6 Å². The van der Waals surface area contributed by atoms with Crippen LogP contribution in [0.3, 0.4) is 0 Å². The molecule has 30 heavy (non-hydrogen) atoms. The molecule has 4 rings (SSSR count). The summed E-state index contributed by atoms with van der Waals surface area (Å²) in [5.41, 5.74) is 0.739. The summed E-state index contributed by atoms with van der Waals surface area (Å²) in [4.78, 5) is 8.82. The van der Waals surface area contributed by atoms with Crippen LogP contribution in [0.5, 0.6) is 0 Å². The third kappa shape index (κ3) is 5.53. The van der Waals surface area contributed by atoms with E-state index in [-0.39, 0.29) is 36.2 Å². The van der Waals surface area contributed by atoms with Gasteiger partial charge in [-0.3, -0.25) is 4.99 Å². The van der Waals surface area contributed by atoms with Crippen LogP contribution in [0.15, 0.2) is 23.2 Å². The smallest absolute Gasteiger partial charge is 0.193 e. The van der Waals surface area contributed by atoms with Crippen LogP contribution in [0.1, 0.15) is 19.3 Å². The minimum atomic E-state index is -0.804. The average Bonchev–Trinajstić information content (AvgIpc) is 3.43. The van der Waals surface area contributed by atoms with Crippen LogP contribution in [0, 0.1) is 17.6 Å². The molecule has 3 aliphatic heterocycles. The second-order valence-electron chi connectivity index (χ2n) is 8.03. The number of benzene rings is 1. The molecule has 3 heterocycles. The monoisotopic (exact) mass is 536 g/mol. The molecule has 3 unspecified atom stereocenters. The minimum Gasteiger partial charge on any atom is -0.375 e. The molecular formula is C21H31F2IN4O2. The number of hydrogen-bond acceptors (Lipinski definition) is 4. The molecule has 9 heteroatoms. The third-order valence-corrected chi connectivity index (χ3v) is 6.09. The molecule has 0 aliphatic carbocycles. The molecule has 3 aliphatic rings. The fourth-order valence-electron chi connectivity index (χ4n) is 4.47. The lowest BCUT2D eigenvalue weighted by molar-refractivity contribution is -0.0817. The number of guanidine groups is 1. The number of nitrogens with zero attached hydrogens (tertiary/aromatic N) is 3. The van der Waals surface area contributed by atoms with Crippen LogP contribution in [-0.4, -0.2) is 76.1 Å². The summed E-state index contributed by atoms with van der Waals surface area (Å²) in [6.07, 6.45) is 3.46. The molecule has 6 nitrogen and oxygen atoms in total. The molecule has 0 amide bonds. The van der Waals surface area contributed by atoms with Gasteiger partial charge in [0.1, 0.15) is 6.10 Å². The zero-order valence-electron chi connectivity index (χ0n) is 17.4. The van der Waals surface area contributed by atoms with Crippen molar-refractivity contribution >= 4 is 35.6 Å². The molecule has 1 aromatic carbocycles. The van der Waals surface area contributed by atoms with E-state index in [1.54, 1.807) is 13.1 Å². The fraction of sp³-hybridized carbons (Fsp3) is 0.667. The Labute approximate surface area is 194 Å². The van der Waals surface area contributed by atoms with Crippen molar-refractivity contribution in [2.75, 3.05) is 57.9 Å². The summed E-state index contributed by atoms with van der Waals surface area (Å²) in [5, 5.41) is 3.50. The van der Waals surface area contributed by atoms with Crippen molar-refractivity contribution in [3.8, 4) is 0 Å². The van der Waals surface area contributed by atoms with Gasteiger partial charge in [0.2, 0.25) is 0 Å². The molecule has 0 radical (unpaired) electrons. The predicted molar refractivity (Wildman–Crippen MR) is 124 cm³/mol. The highest BCUT2D eigenvalue weighted by molar-refractivity contribution is 14.0. The van der Waals surface area contributed by atoms with Crippen LogP contribution in [0.4, 0.5) is 14.5 Å². The maximum atomic E-state index is 13.5. The van der Waals surface area contributed by atoms with Crippen molar-refractivity contribution in [1.82, 2.24) is 10.2 Å². The topological polar surface area (TPSA) is 49.3 Å². The van der Waals surface area contributed by atoms with E-state index in [1.165, 1.54) is 12.1 Å². The van der Waals surface area contributed by atoms with Gasteiger partial charge in [-0.05, 0) is 37.3 Å². The number of hydrogen-bond donors (Lipinski definition) is 1. The van der Waals surface area contributed by atoms with Crippen molar-refractivity contribution in [1.29, 1.82) is 0 Å². The van der Waals surface area contributed by atoms with E-state index in [0.29, 0.717) is 12.5 Å². The molecule has 3 atom stereocenters. The normalized spacial score (nSPS) is 27.3. The average molecular weight is 536 g/mol. The zero-order chi connectivity index (χ0) is 20.2. The SMILES string of the molecule is CN=C(NCC1CCN(c2ccc(F)c(F)c2)C1)N1CCOC(C2CCCO2)C1.I. The van der Waals surface area contributed by atoms with Gasteiger partial charge in [-0.1, -0.05) is 0 Å². The maximum Gasteiger partial charge on any atom is 0.193 e. The lowest BCUT2D eigenvalue weighted by Gasteiger charge is -2.37. The second-order valence-corrected chi connectivity index (χ2v) is 8.03. The van der Waals surface area contributed by atoms with Crippen molar-refractivity contribution < 1.29 is 18.3 Å². The first kappa shape index (κ1) is 23.5. The Balaban J connectivity index is 0.00000256. The van der Waals surface area contributed by atoms with Crippen molar-refractivity contribution in [3.05, 3.63) is 29.8 Å². The van der Waals surface area contributed by atoms with Crippen molar-refractivity contribution in [2.24, 2.45) is 10.9 Å². The first-order chi connectivity index (χ1) is 14.1. The number of morpholine rings is 1. The Morgan fingerprint density at radius 1 is 1.10 bits per heavy atom. The number of nitrogens with one attached hydrogen (secondary N) is 1. The Morgan fingerprint density at radius 3 is 2.67 bits per heavy atom. The summed E-state index contributed by atoms with van der Waals surface area (Å²) in [7, 11) is 1.81. The third-order valence-electron chi connectivity index (χ3n) is 6.09. The molecule has 1 N–H and O–H groups in total. The summed E-state index contributed by atoms with van der Waals surface area (Å²) >= 11 is 0. The highest BCUT2D eigenvalue weighted by Crippen LogP contribution is 2.25. The number of anilines is 1. The van der Waals surface area contributed by atoms with E-state index in [0.717, 1.165) is 70.2 Å². The van der Waals surface area contributed by atoms with Crippen LogP contribution in [0.25, 0.3) is 0 Å².